The molecule has 2 nitrogen and oxygen atoms in total. The summed E-state index contributed by atoms with van der Waals surface area (Å²) in [6, 6.07) is 17.0. The second-order valence-corrected chi connectivity index (χ2v) is 5.83. The Kier molecular flexibility index (Phi) is 6.00. The third-order valence-electron chi connectivity index (χ3n) is 3.33. The first-order valence-corrected chi connectivity index (χ1v) is 8.59. The minimum absolute atomic E-state index is 0.263. The first-order chi connectivity index (χ1) is 10.2. The van der Waals surface area contributed by atoms with Gasteiger partial charge in [0.25, 0.3) is 0 Å². The summed E-state index contributed by atoms with van der Waals surface area (Å²) in [4.78, 5) is 1.27. The molecule has 1 atom stereocenters. The standard InChI is InChI=1S/C18H23NOS/c1-4-13-20-16-11-9-15(10-12-16)14(2)19-17-7-5-6-8-18(17)21-3/h5-12,14,19H,4,13H2,1-3H3. The Balaban J connectivity index is 2.04. The summed E-state index contributed by atoms with van der Waals surface area (Å²) >= 11 is 1.76. The van der Waals surface area contributed by atoms with Crippen molar-refractivity contribution < 1.29 is 4.74 Å². The predicted octanol–water partition coefficient (Wildman–Crippen LogP) is 5.37. The summed E-state index contributed by atoms with van der Waals surface area (Å²) in [5, 5.41) is 3.58. The predicted molar refractivity (Wildman–Crippen MR) is 92.5 cm³/mol. The van der Waals surface area contributed by atoms with Crippen molar-refractivity contribution in [3.05, 3.63) is 54.1 Å². The molecule has 1 N–H and O–H groups in total. The van der Waals surface area contributed by atoms with Gasteiger partial charge in [-0.15, -0.1) is 11.8 Å². The van der Waals surface area contributed by atoms with Crippen molar-refractivity contribution in [1.29, 1.82) is 0 Å². The SMILES string of the molecule is CCCOc1ccc(C(C)Nc2ccccc2SC)cc1. The first kappa shape index (κ1) is 15.8. The van der Waals surface area contributed by atoms with Crippen molar-refractivity contribution in [2.75, 3.05) is 18.2 Å². The minimum atomic E-state index is 0.263. The maximum absolute atomic E-state index is 5.62. The highest BCUT2D eigenvalue weighted by Crippen LogP contribution is 2.28. The number of thioether (sulfide) groups is 1. The fraction of sp³-hybridized carbons (Fsp3) is 0.333. The molecule has 0 saturated heterocycles. The Hall–Kier alpha value is -1.61. The molecule has 2 rings (SSSR count). The molecule has 112 valence electrons. The smallest absolute Gasteiger partial charge is 0.119 e. The number of nitrogens with one attached hydrogen (secondary N) is 1. The van der Waals surface area contributed by atoms with E-state index in [1.165, 1.54) is 16.1 Å². The maximum atomic E-state index is 5.62. The molecule has 0 aliphatic carbocycles. The molecule has 0 radical (unpaired) electrons. The summed E-state index contributed by atoms with van der Waals surface area (Å²) in [6.07, 6.45) is 3.14. The van der Waals surface area contributed by atoms with Gasteiger partial charge in [-0.2, -0.15) is 0 Å². The molecule has 1 unspecified atom stereocenters. The van der Waals surface area contributed by atoms with Crippen LogP contribution >= 0.6 is 11.8 Å². The van der Waals surface area contributed by atoms with E-state index < -0.39 is 0 Å². The lowest BCUT2D eigenvalue weighted by Crippen LogP contribution is -2.07. The summed E-state index contributed by atoms with van der Waals surface area (Å²) < 4.78 is 5.62. The van der Waals surface area contributed by atoms with Crippen molar-refractivity contribution in [3.63, 3.8) is 0 Å². The number of ether oxygens (including phenoxy) is 1. The van der Waals surface area contributed by atoms with Crippen LogP contribution in [0.3, 0.4) is 0 Å². The average molecular weight is 301 g/mol. The van der Waals surface area contributed by atoms with Crippen LogP contribution in [0.15, 0.2) is 53.4 Å². The average Bonchev–Trinajstić information content (AvgIpc) is 2.54. The van der Waals surface area contributed by atoms with Gasteiger partial charge in [0, 0.05) is 16.6 Å². The quantitative estimate of drug-likeness (QED) is 0.695. The van der Waals surface area contributed by atoms with Crippen LogP contribution in [0.1, 0.15) is 31.9 Å². The Bertz CT molecular complexity index is 553. The van der Waals surface area contributed by atoms with Crippen LogP contribution < -0.4 is 10.1 Å². The van der Waals surface area contributed by atoms with E-state index in [0.717, 1.165) is 18.8 Å². The van der Waals surface area contributed by atoms with Crippen LogP contribution in [0.5, 0.6) is 5.75 Å². The van der Waals surface area contributed by atoms with E-state index >= 15 is 0 Å². The van der Waals surface area contributed by atoms with E-state index in [0.29, 0.717) is 0 Å². The third kappa shape index (κ3) is 4.43. The van der Waals surface area contributed by atoms with Crippen molar-refractivity contribution in [3.8, 4) is 5.75 Å². The number of benzene rings is 2. The van der Waals surface area contributed by atoms with Crippen LogP contribution in [0.4, 0.5) is 5.69 Å². The molecule has 0 spiro atoms. The van der Waals surface area contributed by atoms with Gasteiger partial charge in [0.2, 0.25) is 0 Å². The van der Waals surface area contributed by atoms with E-state index in [1.807, 2.05) is 12.1 Å². The zero-order valence-electron chi connectivity index (χ0n) is 12.9. The summed E-state index contributed by atoms with van der Waals surface area (Å²) in [5.74, 6) is 0.942. The van der Waals surface area contributed by atoms with E-state index in [9.17, 15) is 0 Å². The molecule has 0 aliphatic rings. The van der Waals surface area contributed by atoms with Crippen LogP contribution in [-0.4, -0.2) is 12.9 Å². The van der Waals surface area contributed by atoms with Gasteiger partial charge < -0.3 is 10.1 Å². The second kappa shape index (κ2) is 7.99. The first-order valence-electron chi connectivity index (χ1n) is 7.37. The van der Waals surface area contributed by atoms with Gasteiger partial charge in [0.05, 0.1) is 6.61 Å². The van der Waals surface area contributed by atoms with Gasteiger partial charge in [-0.3, -0.25) is 0 Å². The lowest BCUT2D eigenvalue weighted by Gasteiger charge is -2.18. The summed E-state index contributed by atoms with van der Waals surface area (Å²) in [5.41, 5.74) is 2.44. The van der Waals surface area contributed by atoms with Gasteiger partial charge >= 0.3 is 0 Å². The molecule has 0 bridgehead atoms. The molecule has 0 fully saturated rings. The van der Waals surface area contributed by atoms with Crippen molar-refractivity contribution in [2.24, 2.45) is 0 Å². The molecule has 0 saturated carbocycles. The highest BCUT2D eigenvalue weighted by Gasteiger charge is 2.08. The van der Waals surface area contributed by atoms with Crippen LogP contribution in [0, 0.1) is 0 Å². The van der Waals surface area contributed by atoms with E-state index in [4.69, 9.17) is 4.74 Å². The minimum Gasteiger partial charge on any atom is -0.494 e. The van der Waals surface area contributed by atoms with Crippen molar-refractivity contribution >= 4 is 17.4 Å². The second-order valence-electron chi connectivity index (χ2n) is 4.98. The zero-order chi connectivity index (χ0) is 15.1. The molecule has 2 aromatic carbocycles. The maximum Gasteiger partial charge on any atom is 0.119 e. The number of rotatable bonds is 7. The topological polar surface area (TPSA) is 21.3 Å². The molecule has 0 heterocycles. The van der Waals surface area contributed by atoms with Gasteiger partial charge in [0.1, 0.15) is 5.75 Å². The van der Waals surface area contributed by atoms with Gasteiger partial charge in [-0.25, -0.2) is 0 Å². The molecule has 0 aliphatic heterocycles. The molecular weight excluding hydrogens is 278 g/mol. The fourth-order valence-electron chi connectivity index (χ4n) is 2.15. The highest BCUT2D eigenvalue weighted by molar-refractivity contribution is 7.98. The normalized spacial score (nSPS) is 12.0. The number of para-hydroxylation sites is 1. The van der Waals surface area contributed by atoms with Gasteiger partial charge in [-0.1, -0.05) is 31.2 Å². The van der Waals surface area contributed by atoms with Gasteiger partial charge in [-0.05, 0) is 49.4 Å². The van der Waals surface area contributed by atoms with Crippen molar-refractivity contribution in [2.45, 2.75) is 31.2 Å². The molecule has 21 heavy (non-hydrogen) atoms. The van der Waals surface area contributed by atoms with Crippen LogP contribution in [0.2, 0.25) is 0 Å². The lowest BCUT2D eigenvalue weighted by molar-refractivity contribution is 0.317. The number of anilines is 1. The highest BCUT2D eigenvalue weighted by atomic mass is 32.2. The zero-order valence-corrected chi connectivity index (χ0v) is 13.7. The Morgan fingerprint density at radius 3 is 2.48 bits per heavy atom. The summed E-state index contributed by atoms with van der Waals surface area (Å²) in [7, 11) is 0. The molecule has 3 heteroatoms. The van der Waals surface area contributed by atoms with Crippen molar-refractivity contribution in [1.82, 2.24) is 0 Å². The molecule has 2 aromatic rings. The third-order valence-corrected chi connectivity index (χ3v) is 4.13. The summed E-state index contributed by atoms with van der Waals surface area (Å²) in [6.45, 7) is 5.07. The lowest BCUT2D eigenvalue weighted by atomic mass is 10.1. The van der Waals surface area contributed by atoms with E-state index in [1.54, 1.807) is 11.8 Å². The van der Waals surface area contributed by atoms with Gasteiger partial charge in [0.15, 0.2) is 0 Å². The monoisotopic (exact) mass is 301 g/mol. The molecule has 0 aromatic heterocycles. The molecular formula is C18H23NOS. The largest absolute Gasteiger partial charge is 0.494 e. The molecule has 0 amide bonds. The van der Waals surface area contributed by atoms with E-state index in [2.05, 4.69) is 61.8 Å². The number of hydrogen-bond acceptors (Lipinski definition) is 3. The Labute approximate surface area is 131 Å². The Morgan fingerprint density at radius 2 is 1.81 bits per heavy atom. The number of hydrogen-bond donors (Lipinski definition) is 1. The van der Waals surface area contributed by atoms with Crippen LogP contribution in [0.25, 0.3) is 0 Å². The van der Waals surface area contributed by atoms with E-state index in [-0.39, 0.29) is 6.04 Å². The fourth-order valence-corrected chi connectivity index (χ4v) is 2.71. The van der Waals surface area contributed by atoms with Crippen LogP contribution in [-0.2, 0) is 0 Å². The Morgan fingerprint density at radius 1 is 1.10 bits per heavy atom.